The summed E-state index contributed by atoms with van der Waals surface area (Å²) in [5.74, 6) is 0.970. The molecular weight excluding hydrogens is 396 g/mol. The molecule has 0 atom stereocenters. The maximum atomic E-state index is 12.7. The van der Waals surface area contributed by atoms with Crippen LogP contribution in [0.25, 0.3) is 0 Å². The largest absolute Gasteiger partial charge is 0.493 e. The number of carbonyl (C=O) groups excluding carboxylic acids is 2. The van der Waals surface area contributed by atoms with E-state index in [0.29, 0.717) is 43.0 Å². The maximum absolute atomic E-state index is 12.7. The van der Waals surface area contributed by atoms with Gasteiger partial charge in [-0.15, -0.1) is 12.6 Å². The Morgan fingerprint density at radius 1 is 1.07 bits per heavy atom. The van der Waals surface area contributed by atoms with Crippen LogP contribution in [0.4, 0.5) is 0 Å². The number of hydrogen-bond acceptors (Lipinski definition) is 4. The van der Waals surface area contributed by atoms with Gasteiger partial charge in [0.05, 0.1) is 12.2 Å². The Kier molecular flexibility index (Phi) is 7.80. The predicted molar refractivity (Wildman–Crippen MR) is 121 cm³/mol. The topological polar surface area (TPSA) is 58.6 Å². The van der Waals surface area contributed by atoms with Gasteiger partial charge < -0.3 is 15.0 Å². The van der Waals surface area contributed by atoms with E-state index in [2.05, 4.69) is 17.9 Å². The molecule has 1 N–H and O–H groups in total. The Morgan fingerprint density at radius 2 is 1.73 bits per heavy atom. The monoisotopic (exact) mass is 426 g/mol. The van der Waals surface area contributed by atoms with Gasteiger partial charge in [0.25, 0.3) is 5.91 Å². The zero-order valence-corrected chi connectivity index (χ0v) is 18.6. The van der Waals surface area contributed by atoms with E-state index >= 15 is 0 Å². The number of likely N-dealkylation sites (tertiary alicyclic amines) is 1. The lowest BCUT2D eigenvalue weighted by Gasteiger charge is -2.32. The molecule has 0 saturated carbocycles. The number of ether oxygens (including phenoxy) is 1. The van der Waals surface area contributed by atoms with E-state index in [-0.39, 0.29) is 17.9 Å². The highest BCUT2D eigenvalue weighted by Gasteiger charge is 2.25. The standard InChI is InChI=1S/C24H30N2O3S/c1-17-7-5-8-18(2)23(17)29-16-6-11-22(27)25-19-12-14-26(15-13-19)24(28)20-9-3-4-10-21(20)30/h3-5,7-10,19,30H,6,11-16H2,1-2H3,(H,25,27). The second kappa shape index (κ2) is 10.5. The second-order valence-electron chi connectivity index (χ2n) is 7.82. The highest BCUT2D eigenvalue weighted by molar-refractivity contribution is 7.80. The van der Waals surface area contributed by atoms with Crippen LogP contribution in [-0.2, 0) is 4.79 Å². The third kappa shape index (κ3) is 5.79. The molecule has 0 spiro atoms. The van der Waals surface area contributed by atoms with E-state index in [9.17, 15) is 9.59 Å². The molecule has 1 aliphatic heterocycles. The molecule has 6 heteroatoms. The molecule has 0 radical (unpaired) electrons. The van der Waals surface area contributed by atoms with Gasteiger partial charge in [0.2, 0.25) is 5.91 Å². The van der Waals surface area contributed by atoms with E-state index in [0.717, 1.165) is 29.7 Å². The number of benzene rings is 2. The number of amides is 2. The number of aryl methyl sites for hydroxylation is 2. The second-order valence-corrected chi connectivity index (χ2v) is 8.31. The summed E-state index contributed by atoms with van der Waals surface area (Å²) < 4.78 is 5.87. The molecule has 30 heavy (non-hydrogen) atoms. The van der Waals surface area contributed by atoms with Gasteiger partial charge in [-0.05, 0) is 56.4 Å². The van der Waals surface area contributed by atoms with Crippen LogP contribution in [-0.4, -0.2) is 42.5 Å². The quantitative estimate of drug-likeness (QED) is 0.516. The molecule has 1 fully saturated rings. The van der Waals surface area contributed by atoms with Crippen molar-refractivity contribution >= 4 is 24.4 Å². The Morgan fingerprint density at radius 3 is 2.40 bits per heavy atom. The molecule has 1 aliphatic rings. The van der Waals surface area contributed by atoms with Gasteiger partial charge in [0.1, 0.15) is 5.75 Å². The summed E-state index contributed by atoms with van der Waals surface area (Å²) in [6.07, 6.45) is 2.66. The zero-order valence-electron chi connectivity index (χ0n) is 17.7. The summed E-state index contributed by atoms with van der Waals surface area (Å²) in [6, 6.07) is 13.5. The van der Waals surface area contributed by atoms with Crippen molar-refractivity contribution in [3.8, 4) is 5.75 Å². The molecule has 1 heterocycles. The summed E-state index contributed by atoms with van der Waals surface area (Å²) in [6.45, 7) is 5.86. The molecule has 160 valence electrons. The smallest absolute Gasteiger partial charge is 0.254 e. The predicted octanol–water partition coefficient (Wildman–Crippen LogP) is 4.17. The number of piperidine rings is 1. The fourth-order valence-electron chi connectivity index (χ4n) is 3.79. The maximum Gasteiger partial charge on any atom is 0.254 e. The van der Waals surface area contributed by atoms with Gasteiger partial charge in [-0.1, -0.05) is 30.3 Å². The Hall–Kier alpha value is -2.47. The number of nitrogens with zero attached hydrogens (tertiary/aromatic N) is 1. The van der Waals surface area contributed by atoms with Crippen LogP contribution in [0.15, 0.2) is 47.4 Å². The van der Waals surface area contributed by atoms with E-state index in [4.69, 9.17) is 4.74 Å². The number of thiol groups is 1. The highest BCUT2D eigenvalue weighted by Crippen LogP contribution is 2.22. The Bertz CT molecular complexity index is 872. The molecule has 3 rings (SSSR count). The minimum absolute atomic E-state index is 0.00836. The first-order chi connectivity index (χ1) is 14.5. The van der Waals surface area contributed by atoms with Crippen LogP contribution in [0.3, 0.4) is 0 Å². The van der Waals surface area contributed by atoms with Gasteiger partial charge >= 0.3 is 0 Å². The van der Waals surface area contributed by atoms with Crippen molar-refractivity contribution in [2.45, 2.75) is 50.5 Å². The van der Waals surface area contributed by atoms with Crippen molar-refractivity contribution in [1.82, 2.24) is 10.2 Å². The van der Waals surface area contributed by atoms with Crippen molar-refractivity contribution in [3.05, 3.63) is 59.2 Å². The molecule has 1 saturated heterocycles. The lowest BCUT2D eigenvalue weighted by Crippen LogP contribution is -2.46. The molecule has 2 aromatic carbocycles. The summed E-state index contributed by atoms with van der Waals surface area (Å²) in [5.41, 5.74) is 2.86. The van der Waals surface area contributed by atoms with Gasteiger partial charge in [0.15, 0.2) is 0 Å². The minimum atomic E-state index is 0.00836. The summed E-state index contributed by atoms with van der Waals surface area (Å²) >= 11 is 4.38. The molecule has 2 amide bonds. The molecular formula is C24H30N2O3S. The Labute approximate surface area is 184 Å². The summed E-state index contributed by atoms with van der Waals surface area (Å²) in [5, 5.41) is 3.10. The summed E-state index contributed by atoms with van der Waals surface area (Å²) in [7, 11) is 0. The molecule has 0 aromatic heterocycles. The van der Waals surface area contributed by atoms with Crippen molar-refractivity contribution in [3.63, 3.8) is 0 Å². The number of para-hydroxylation sites is 1. The van der Waals surface area contributed by atoms with E-state index < -0.39 is 0 Å². The normalized spacial score (nSPS) is 14.4. The van der Waals surface area contributed by atoms with Crippen LogP contribution in [0.2, 0.25) is 0 Å². The molecule has 0 aliphatic carbocycles. The van der Waals surface area contributed by atoms with E-state index in [1.807, 2.05) is 55.1 Å². The first-order valence-electron chi connectivity index (χ1n) is 10.5. The zero-order chi connectivity index (χ0) is 21.5. The third-order valence-electron chi connectivity index (χ3n) is 5.49. The Balaban J connectivity index is 1.37. The minimum Gasteiger partial charge on any atom is -0.493 e. The molecule has 5 nitrogen and oxygen atoms in total. The fourth-order valence-corrected chi connectivity index (χ4v) is 4.04. The van der Waals surface area contributed by atoms with Gasteiger partial charge in [-0.25, -0.2) is 0 Å². The highest BCUT2D eigenvalue weighted by atomic mass is 32.1. The van der Waals surface area contributed by atoms with Crippen molar-refractivity contribution < 1.29 is 14.3 Å². The van der Waals surface area contributed by atoms with Crippen LogP contribution >= 0.6 is 12.6 Å². The fraction of sp³-hybridized carbons (Fsp3) is 0.417. The van der Waals surface area contributed by atoms with E-state index in [1.54, 1.807) is 6.07 Å². The lowest BCUT2D eigenvalue weighted by atomic mass is 10.0. The van der Waals surface area contributed by atoms with Crippen LogP contribution in [0.1, 0.15) is 47.2 Å². The lowest BCUT2D eigenvalue weighted by molar-refractivity contribution is -0.122. The van der Waals surface area contributed by atoms with Gasteiger partial charge in [0, 0.05) is 30.4 Å². The molecule has 2 aromatic rings. The van der Waals surface area contributed by atoms with E-state index in [1.165, 1.54) is 0 Å². The van der Waals surface area contributed by atoms with Crippen molar-refractivity contribution in [1.29, 1.82) is 0 Å². The molecule has 0 bridgehead atoms. The van der Waals surface area contributed by atoms with Crippen molar-refractivity contribution in [2.24, 2.45) is 0 Å². The number of hydrogen-bond donors (Lipinski definition) is 2. The first kappa shape index (κ1) is 22.2. The van der Waals surface area contributed by atoms with Crippen LogP contribution < -0.4 is 10.1 Å². The summed E-state index contributed by atoms with van der Waals surface area (Å²) in [4.78, 5) is 27.5. The average Bonchev–Trinajstić information content (AvgIpc) is 2.73. The first-order valence-corrected chi connectivity index (χ1v) is 11.0. The molecule has 0 unspecified atom stereocenters. The van der Waals surface area contributed by atoms with Crippen LogP contribution in [0.5, 0.6) is 5.75 Å². The van der Waals surface area contributed by atoms with Gasteiger partial charge in [-0.3, -0.25) is 9.59 Å². The number of rotatable bonds is 7. The number of carbonyl (C=O) groups is 2. The number of nitrogens with one attached hydrogen (secondary N) is 1. The van der Waals surface area contributed by atoms with Gasteiger partial charge in [-0.2, -0.15) is 0 Å². The average molecular weight is 427 g/mol. The third-order valence-corrected chi connectivity index (χ3v) is 5.88. The SMILES string of the molecule is Cc1cccc(C)c1OCCCC(=O)NC1CCN(C(=O)c2ccccc2S)CC1. The van der Waals surface area contributed by atoms with Crippen molar-refractivity contribution in [2.75, 3.05) is 19.7 Å². The van der Waals surface area contributed by atoms with Crippen LogP contribution in [0, 0.1) is 13.8 Å².